The van der Waals surface area contributed by atoms with Gasteiger partial charge < -0.3 is 14.7 Å². The lowest BCUT2D eigenvalue weighted by atomic mass is 9.83. The molecule has 0 fully saturated rings. The first kappa shape index (κ1) is 17.8. The minimum atomic E-state index is -0.851. The lowest BCUT2D eigenvalue weighted by Gasteiger charge is -2.33. The zero-order valence-electron chi connectivity index (χ0n) is 15.0. The lowest BCUT2D eigenvalue weighted by molar-refractivity contribution is -0.00766. The number of hydrogen-bond donors (Lipinski definition) is 1. The van der Waals surface area contributed by atoms with Gasteiger partial charge in [0.25, 0.3) is 0 Å². The minimum absolute atomic E-state index is 0.141. The molecule has 2 atom stereocenters. The number of aliphatic hydroxyl groups is 1. The van der Waals surface area contributed by atoms with Crippen LogP contribution in [0.3, 0.4) is 0 Å². The van der Waals surface area contributed by atoms with Crippen molar-refractivity contribution in [2.75, 3.05) is 27.2 Å². The molecule has 0 bridgehead atoms. The van der Waals surface area contributed by atoms with Crippen LogP contribution in [0, 0.1) is 5.92 Å². The Hall–Kier alpha value is -1.58. The highest BCUT2D eigenvalue weighted by molar-refractivity contribution is 5.84. The van der Waals surface area contributed by atoms with Crippen LogP contribution in [0.2, 0.25) is 0 Å². The van der Waals surface area contributed by atoms with E-state index in [1.807, 2.05) is 33.2 Å². The standard InChI is InChI=1S/C20H29NO2/c1-6-11-23-19-10-8-16-12-18(9-7-17(16)13-19)20(3,22)15(2)14-21(4)5/h7-10,12-13,15,22H,6,11,14H2,1-5H3. The molecule has 0 heterocycles. The van der Waals surface area contributed by atoms with Crippen molar-refractivity contribution in [1.82, 2.24) is 4.90 Å². The fourth-order valence-corrected chi connectivity index (χ4v) is 2.86. The third kappa shape index (κ3) is 4.24. The molecule has 0 aromatic heterocycles. The fourth-order valence-electron chi connectivity index (χ4n) is 2.86. The van der Waals surface area contributed by atoms with Gasteiger partial charge in [-0.3, -0.25) is 0 Å². The summed E-state index contributed by atoms with van der Waals surface area (Å²) in [6.45, 7) is 7.67. The van der Waals surface area contributed by atoms with Crippen LogP contribution in [-0.4, -0.2) is 37.3 Å². The molecule has 3 heteroatoms. The molecule has 0 saturated heterocycles. The highest BCUT2D eigenvalue weighted by Gasteiger charge is 2.30. The number of fused-ring (bicyclic) bond motifs is 1. The third-order valence-corrected chi connectivity index (χ3v) is 4.47. The SMILES string of the molecule is CCCOc1ccc2cc(C(C)(O)C(C)CN(C)C)ccc2c1. The molecular weight excluding hydrogens is 286 g/mol. The van der Waals surface area contributed by atoms with E-state index in [0.29, 0.717) is 0 Å². The van der Waals surface area contributed by atoms with Crippen LogP contribution in [0.1, 0.15) is 32.8 Å². The molecular formula is C20H29NO2. The predicted octanol–water partition coefficient (Wildman–Crippen LogP) is 4.03. The summed E-state index contributed by atoms with van der Waals surface area (Å²) in [5, 5.41) is 13.2. The Balaban J connectivity index is 2.29. The lowest BCUT2D eigenvalue weighted by Crippen LogP contribution is -2.36. The van der Waals surface area contributed by atoms with Gasteiger partial charge >= 0.3 is 0 Å². The second kappa shape index (κ2) is 7.33. The summed E-state index contributed by atoms with van der Waals surface area (Å²) in [6.07, 6.45) is 1.00. The summed E-state index contributed by atoms with van der Waals surface area (Å²) < 4.78 is 5.69. The van der Waals surface area contributed by atoms with Gasteiger partial charge in [-0.1, -0.05) is 32.0 Å². The van der Waals surface area contributed by atoms with Crippen molar-refractivity contribution in [2.45, 2.75) is 32.8 Å². The van der Waals surface area contributed by atoms with E-state index in [0.717, 1.165) is 41.7 Å². The van der Waals surface area contributed by atoms with Crippen molar-refractivity contribution in [1.29, 1.82) is 0 Å². The summed E-state index contributed by atoms with van der Waals surface area (Å²) in [6, 6.07) is 12.3. The predicted molar refractivity (Wildman–Crippen MR) is 97.0 cm³/mol. The first-order valence-electron chi connectivity index (χ1n) is 8.38. The van der Waals surface area contributed by atoms with Crippen LogP contribution in [0.25, 0.3) is 10.8 Å². The van der Waals surface area contributed by atoms with Gasteiger partial charge in [0.05, 0.1) is 12.2 Å². The smallest absolute Gasteiger partial charge is 0.119 e. The molecule has 2 unspecified atom stereocenters. The Kier molecular flexibility index (Phi) is 5.66. The normalized spacial score (nSPS) is 15.6. The van der Waals surface area contributed by atoms with E-state index in [1.54, 1.807) is 0 Å². The van der Waals surface area contributed by atoms with Crippen molar-refractivity contribution in [3.8, 4) is 5.75 Å². The van der Waals surface area contributed by atoms with Crippen LogP contribution in [0.15, 0.2) is 36.4 Å². The molecule has 23 heavy (non-hydrogen) atoms. The largest absolute Gasteiger partial charge is 0.494 e. The minimum Gasteiger partial charge on any atom is -0.494 e. The molecule has 0 radical (unpaired) electrons. The van der Waals surface area contributed by atoms with Crippen LogP contribution in [0.4, 0.5) is 0 Å². The molecule has 0 spiro atoms. The summed E-state index contributed by atoms with van der Waals surface area (Å²) in [4.78, 5) is 2.11. The van der Waals surface area contributed by atoms with Gasteiger partial charge in [-0.15, -0.1) is 0 Å². The van der Waals surface area contributed by atoms with Crippen LogP contribution in [-0.2, 0) is 5.60 Å². The van der Waals surface area contributed by atoms with Crippen LogP contribution < -0.4 is 4.74 Å². The Morgan fingerprint density at radius 3 is 2.43 bits per heavy atom. The molecule has 0 saturated carbocycles. The highest BCUT2D eigenvalue weighted by Crippen LogP contribution is 2.32. The van der Waals surface area contributed by atoms with Gasteiger partial charge in [-0.05, 0) is 62.0 Å². The van der Waals surface area contributed by atoms with Gasteiger partial charge in [0.2, 0.25) is 0 Å². The van der Waals surface area contributed by atoms with Gasteiger partial charge in [-0.2, -0.15) is 0 Å². The van der Waals surface area contributed by atoms with E-state index < -0.39 is 5.60 Å². The Labute approximate surface area is 139 Å². The Morgan fingerprint density at radius 2 is 1.78 bits per heavy atom. The quantitative estimate of drug-likeness (QED) is 0.837. The molecule has 0 aliphatic carbocycles. The second-order valence-corrected chi connectivity index (χ2v) is 6.88. The summed E-state index contributed by atoms with van der Waals surface area (Å²) in [5.41, 5.74) is 0.108. The molecule has 2 aromatic rings. The number of nitrogens with zero attached hydrogens (tertiary/aromatic N) is 1. The van der Waals surface area contributed by atoms with E-state index in [1.165, 1.54) is 0 Å². The average molecular weight is 315 g/mol. The van der Waals surface area contributed by atoms with E-state index in [2.05, 4.69) is 43.0 Å². The van der Waals surface area contributed by atoms with Gasteiger partial charge in [0.15, 0.2) is 0 Å². The monoisotopic (exact) mass is 315 g/mol. The summed E-state index contributed by atoms with van der Waals surface area (Å²) in [7, 11) is 4.07. The molecule has 3 nitrogen and oxygen atoms in total. The first-order valence-corrected chi connectivity index (χ1v) is 8.38. The average Bonchev–Trinajstić information content (AvgIpc) is 2.51. The van der Waals surface area contributed by atoms with Crippen LogP contribution >= 0.6 is 0 Å². The van der Waals surface area contributed by atoms with Crippen LogP contribution in [0.5, 0.6) is 5.75 Å². The Morgan fingerprint density at radius 1 is 1.13 bits per heavy atom. The topological polar surface area (TPSA) is 32.7 Å². The van der Waals surface area contributed by atoms with E-state index in [4.69, 9.17) is 4.74 Å². The van der Waals surface area contributed by atoms with E-state index >= 15 is 0 Å². The number of hydrogen-bond acceptors (Lipinski definition) is 3. The summed E-state index contributed by atoms with van der Waals surface area (Å²) in [5.74, 6) is 1.04. The van der Waals surface area contributed by atoms with E-state index in [9.17, 15) is 5.11 Å². The van der Waals surface area contributed by atoms with Gasteiger partial charge in [0, 0.05) is 12.5 Å². The molecule has 0 amide bonds. The zero-order valence-corrected chi connectivity index (χ0v) is 15.0. The van der Waals surface area contributed by atoms with Crippen molar-refractivity contribution in [3.05, 3.63) is 42.0 Å². The molecule has 2 aromatic carbocycles. The van der Waals surface area contributed by atoms with Crippen molar-refractivity contribution >= 4 is 10.8 Å². The highest BCUT2D eigenvalue weighted by atomic mass is 16.5. The zero-order chi connectivity index (χ0) is 17.0. The van der Waals surface area contributed by atoms with Gasteiger partial charge in [0.1, 0.15) is 5.75 Å². The number of ether oxygens (including phenoxy) is 1. The molecule has 2 rings (SSSR count). The first-order chi connectivity index (χ1) is 10.8. The molecule has 0 aliphatic rings. The maximum absolute atomic E-state index is 11.0. The molecule has 0 aliphatic heterocycles. The maximum atomic E-state index is 11.0. The maximum Gasteiger partial charge on any atom is 0.119 e. The molecule has 1 N–H and O–H groups in total. The second-order valence-electron chi connectivity index (χ2n) is 6.88. The van der Waals surface area contributed by atoms with Crippen molar-refractivity contribution < 1.29 is 9.84 Å². The number of benzene rings is 2. The van der Waals surface area contributed by atoms with Gasteiger partial charge in [-0.25, -0.2) is 0 Å². The third-order valence-electron chi connectivity index (χ3n) is 4.47. The Bertz CT molecular complexity index is 649. The van der Waals surface area contributed by atoms with Crippen molar-refractivity contribution in [3.63, 3.8) is 0 Å². The van der Waals surface area contributed by atoms with Crippen molar-refractivity contribution in [2.24, 2.45) is 5.92 Å². The van der Waals surface area contributed by atoms with E-state index in [-0.39, 0.29) is 5.92 Å². The number of rotatable bonds is 7. The fraction of sp³-hybridized carbons (Fsp3) is 0.500. The summed E-state index contributed by atoms with van der Waals surface area (Å²) >= 11 is 0. The molecule has 126 valence electrons.